The molecule has 0 aliphatic carbocycles. The molecule has 0 unspecified atom stereocenters. The average molecular weight is 347 g/mol. The molecule has 0 bridgehead atoms. The molecule has 0 aliphatic rings. The van der Waals surface area contributed by atoms with E-state index in [1.807, 2.05) is 0 Å². The highest BCUT2D eigenvalue weighted by Crippen LogP contribution is 2.27. The molecule has 2 rings (SSSR count). The Kier molecular flexibility index (Phi) is 4.64. The Morgan fingerprint density at radius 3 is 2.78 bits per heavy atom. The number of halogens is 3. The van der Waals surface area contributed by atoms with Gasteiger partial charge < -0.3 is 10.5 Å². The standard InChI is InChI=1S/C11H8F3N5O3S/c12-11(13,14)22-7-1-2-8(19(20)21)6(3-7)4-16-18-10-17-9(15)5-23-10/h1-5H,15H2,(H,17,18). The van der Waals surface area contributed by atoms with Crippen LogP contribution < -0.4 is 15.9 Å². The van der Waals surface area contributed by atoms with Crippen molar-refractivity contribution in [1.82, 2.24) is 4.98 Å². The Bertz CT molecular complexity index is 747. The molecule has 8 nitrogen and oxygen atoms in total. The lowest BCUT2D eigenvalue weighted by molar-refractivity contribution is -0.385. The minimum atomic E-state index is -4.90. The van der Waals surface area contributed by atoms with Gasteiger partial charge in [-0.25, -0.2) is 4.98 Å². The van der Waals surface area contributed by atoms with Crippen LogP contribution in [0.5, 0.6) is 5.75 Å². The summed E-state index contributed by atoms with van der Waals surface area (Å²) in [5.74, 6) is -0.331. The largest absolute Gasteiger partial charge is 0.573 e. The van der Waals surface area contributed by atoms with Gasteiger partial charge in [-0.3, -0.25) is 15.5 Å². The molecule has 0 saturated heterocycles. The van der Waals surface area contributed by atoms with Gasteiger partial charge in [-0.15, -0.1) is 24.5 Å². The van der Waals surface area contributed by atoms with E-state index >= 15 is 0 Å². The first kappa shape index (κ1) is 16.5. The van der Waals surface area contributed by atoms with Crippen LogP contribution >= 0.6 is 11.3 Å². The van der Waals surface area contributed by atoms with Crippen LogP contribution in [0.4, 0.5) is 29.8 Å². The van der Waals surface area contributed by atoms with E-state index in [0.717, 1.165) is 35.8 Å². The van der Waals surface area contributed by atoms with E-state index in [-0.39, 0.29) is 11.4 Å². The Morgan fingerprint density at radius 1 is 1.48 bits per heavy atom. The fourth-order valence-electron chi connectivity index (χ4n) is 1.49. The fraction of sp³-hybridized carbons (Fsp3) is 0.0909. The van der Waals surface area contributed by atoms with Gasteiger partial charge in [0.25, 0.3) is 5.69 Å². The third-order valence-corrected chi connectivity index (χ3v) is 3.08. The number of nitrogens with two attached hydrogens (primary N) is 1. The van der Waals surface area contributed by atoms with Crippen LogP contribution in [0.3, 0.4) is 0 Å². The maximum Gasteiger partial charge on any atom is 0.573 e. The topological polar surface area (TPSA) is 116 Å². The summed E-state index contributed by atoms with van der Waals surface area (Å²) < 4.78 is 40.3. The Morgan fingerprint density at radius 2 is 2.22 bits per heavy atom. The zero-order valence-electron chi connectivity index (χ0n) is 11.1. The number of nitro benzene ring substituents is 1. The quantitative estimate of drug-likeness (QED) is 0.488. The van der Waals surface area contributed by atoms with Crippen molar-refractivity contribution >= 4 is 34.2 Å². The molecule has 0 saturated carbocycles. The normalized spacial score (nSPS) is 11.6. The van der Waals surface area contributed by atoms with E-state index in [1.54, 1.807) is 0 Å². The molecule has 0 atom stereocenters. The minimum absolute atomic E-state index is 0.172. The first-order valence-corrected chi connectivity index (χ1v) is 6.67. The lowest BCUT2D eigenvalue weighted by atomic mass is 10.2. The van der Waals surface area contributed by atoms with E-state index in [1.165, 1.54) is 5.38 Å². The average Bonchev–Trinajstić information content (AvgIpc) is 2.82. The van der Waals surface area contributed by atoms with Crippen LogP contribution in [0.25, 0.3) is 0 Å². The van der Waals surface area contributed by atoms with Crippen LogP contribution in [0.1, 0.15) is 5.56 Å². The van der Waals surface area contributed by atoms with Crippen LogP contribution in [0.2, 0.25) is 0 Å². The van der Waals surface area contributed by atoms with Crippen molar-refractivity contribution in [3.8, 4) is 5.75 Å². The SMILES string of the molecule is Nc1csc(NN=Cc2cc(OC(F)(F)F)ccc2[N+](=O)[O-])n1. The zero-order valence-corrected chi connectivity index (χ0v) is 11.9. The van der Waals surface area contributed by atoms with E-state index in [2.05, 4.69) is 20.2 Å². The number of benzene rings is 1. The number of anilines is 2. The second-order valence-corrected chi connectivity index (χ2v) is 4.83. The second kappa shape index (κ2) is 6.48. The second-order valence-electron chi connectivity index (χ2n) is 3.97. The van der Waals surface area contributed by atoms with E-state index < -0.39 is 22.7 Å². The Labute approximate surface area is 130 Å². The highest BCUT2D eigenvalue weighted by atomic mass is 32.1. The number of hydrogen-bond acceptors (Lipinski definition) is 8. The summed E-state index contributed by atoms with van der Waals surface area (Å²) in [4.78, 5) is 14.0. The van der Waals surface area contributed by atoms with Crippen molar-refractivity contribution in [2.45, 2.75) is 6.36 Å². The molecule has 1 aromatic carbocycles. The number of ether oxygens (including phenoxy) is 1. The first-order chi connectivity index (χ1) is 10.7. The van der Waals surface area contributed by atoms with Crippen LogP contribution in [0.15, 0.2) is 28.7 Å². The van der Waals surface area contributed by atoms with E-state index in [0.29, 0.717) is 5.13 Å². The third kappa shape index (κ3) is 4.81. The molecule has 0 fully saturated rings. The van der Waals surface area contributed by atoms with Crippen molar-refractivity contribution in [3.05, 3.63) is 39.3 Å². The van der Waals surface area contributed by atoms with Gasteiger partial charge in [0, 0.05) is 11.4 Å². The number of alkyl halides is 3. The van der Waals surface area contributed by atoms with Crippen molar-refractivity contribution < 1.29 is 22.8 Å². The molecule has 0 radical (unpaired) electrons. The number of aromatic nitrogens is 1. The van der Waals surface area contributed by atoms with Gasteiger partial charge in [-0.2, -0.15) is 5.10 Å². The van der Waals surface area contributed by atoms with Crippen molar-refractivity contribution in [2.75, 3.05) is 11.2 Å². The van der Waals surface area contributed by atoms with Gasteiger partial charge in [0.05, 0.1) is 16.7 Å². The number of nitrogen functional groups attached to an aromatic ring is 1. The summed E-state index contributed by atoms with van der Waals surface area (Å²) in [5.41, 5.74) is 7.26. The van der Waals surface area contributed by atoms with Crippen molar-refractivity contribution in [3.63, 3.8) is 0 Å². The van der Waals surface area contributed by atoms with Gasteiger partial charge in [0.15, 0.2) is 0 Å². The molecular weight excluding hydrogens is 339 g/mol. The maximum absolute atomic E-state index is 12.2. The zero-order chi connectivity index (χ0) is 17.0. The lowest BCUT2D eigenvalue weighted by Gasteiger charge is -2.09. The summed E-state index contributed by atoms with van der Waals surface area (Å²) in [5, 5.41) is 16.4. The van der Waals surface area contributed by atoms with Crippen LogP contribution in [-0.4, -0.2) is 22.5 Å². The monoisotopic (exact) mass is 347 g/mol. The van der Waals surface area contributed by atoms with Gasteiger partial charge in [-0.1, -0.05) is 0 Å². The molecule has 0 amide bonds. The third-order valence-electron chi connectivity index (χ3n) is 2.32. The molecule has 23 heavy (non-hydrogen) atoms. The Balaban J connectivity index is 2.22. The highest BCUT2D eigenvalue weighted by Gasteiger charge is 2.31. The van der Waals surface area contributed by atoms with Gasteiger partial charge in [0.1, 0.15) is 11.6 Å². The summed E-state index contributed by atoms with van der Waals surface area (Å²) >= 11 is 1.14. The summed E-state index contributed by atoms with van der Waals surface area (Å²) in [6.07, 6.45) is -3.92. The molecular formula is C11H8F3N5O3S. The van der Waals surface area contributed by atoms with Gasteiger partial charge >= 0.3 is 6.36 Å². The summed E-state index contributed by atoms with van der Waals surface area (Å²) in [6.45, 7) is 0. The van der Waals surface area contributed by atoms with Crippen molar-refractivity contribution in [1.29, 1.82) is 0 Å². The number of hydrogen-bond donors (Lipinski definition) is 2. The van der Waals surface area contributed by atoms with Crippen molar-refractivity contribution in [2.24, 2.45) is 5.10 Å². The summed E-state index contributed by atoms with van der Waals surface area (Å²) in [6, 6.07) is 2.59. The molecule has 0 aliphatic heterocycles. The highest BCUT2D eigenvalue weighted by molar-refractivity contribution is 7.14. The lowest BCUT2D eigenvalue weighted by Crippen LogP contribution is -2.17. The minimum Gasteiger partial charge on any atom is -0.406 e. The van der Waals surface area contributed by atoms with Crippen LogP contribution in [0, 0.1) is 10.1 Å². The van der Waals surface area contributed by atoms with E-state index in [4.69, 9.17) is 5.73 Å². The molecule has 0 spiro atoms. The molecule has 122 valence electrons. The van der Waals surface area contributed by atoms with E-state index in [9.17, 15) is 23.3 Å². The number of hydrazone groups is 1. The fourth-order valence-corrected chi connectivity index (χ4v) is 2.04. The summed E-state index contributed by atoms with van der Waals surface area (Å²) in [7, 11) is 0. The predicted molar refractivity (Wildman–Crippen MR) is 77.5 cm³/mol. The predicted octanol–water partition coefficient (Wildman–Crippen LogP) is 2.98. The first-order valence-electron chi connectivity index (χ1n) is 5.79. The maximum atomic E-state index is 12.2. The molecule has 3 N–H and O–H groups in total. The number of nitrogens with one attached hydrogen (secondary N) is 1. The van der Waals surface area contributed by atoms with Gasteiger partial charge in [0.2, 0.25) is 5.13 Å². The number of rotatable bonds is 5. The smallest absolute Gasteiger partial charge is 0.406 e. The van der Waals surface area contributed by atoms with Gasteiger partial charge in [-0.05, 0) is 12.1 Å². The molecule has 12 heteroatoms. The molecule has 2 aromatic rings. The number of nitro groups is 1. The molecule has 1 heterocycles. The molecule has 1 aromatic heterocycles. The number of thiazole rings is 1. The van der Waals surface area contributed by atoms with Crippen LogP contribution in [-0.2, 0) is 0 Å². The number of nitrogens with zero attached hydrogens (tertiary/aromatic N) is 3. The Hall–Kier alpha value is -2.89.